The summed E-state index contributed by atoms with van der Waals surface area (Å²) >= 11 is 13.8. The molecule has 246 valence electrons. The van der Waals surface area contributed by atoms with Crippen LogP contribution in [0.15, 0.2) is 138 Å². The molecule has 0 radical (unpaired) electrons. The van der Waals surface area contributed by atoms with Crippen LogP contribution in [0.3, 0.4) is 0 Å². The molecular formula is C38H30Cl2N4O4S. The van der Waals surface area contributed by atoms with E-state index < -0.39 is 17.1 Å². The molecule has 1 atom stereocenters. The number of hydrogen-bond acceptors (Lipinski definition) is 5. The van der Waals surface area contributed by atoms with Crippen molar-refractivity contribution in [2.24, 2.45) is 0 Å². The monoisotopic (exact) mass is 708 g/mol. The Morgan fingerprint density at radius 3 is 1.86 bits per heavy atom. The van der Waals surface area contributed by atoms with E-state index in [0.29, 0.717) is 38.2 Å². The molecule has 5 aromatic rings. The molecule has 1 unspecified atom stereocenters. The van der Waals surface area contributed by atoms with Gasteiger partial charge in [-0.1, -0.05) is 77.8 Å². The molecule has 0 aliphatic carbocycles. The maximum atomic E-state index is 13.5. The molecule has 4 amide bonds. The van der Waals surface area contributed by atoms with E-state index in [1.54, 1.807) is 97.1 Å². The van der Waals surface area contributed by atoms with Crippen LogP contribution in [0, 0.1) is 0 Å². The fourth-order valence-electron chi connectivity index (χ4n) is 4.62. The number of benzene rings is 5. The van der Waals surface area contributed by atoms with Crippen molar-refractivity contribution in [3.63, 3.8) is 0 Å². The minimum absolute atomic E-state index is 0.0255. The summed E-state index contributed by atoms with van der Waals surface area (Å²) in [5, 5.41) is 11.3. The second-order valence-electron chi connectivity index (χ2n) is 10.7. The summed E-state index contributed by atoms with van der Waals surface area (Å²) < 4.78 is 0. The van der Waals surface area contributed by atoms with E-state index in [0.717, 1.165) is 10.5 Å². The average Bonchev–Trinajstić information content (AvgIpc) is 3.10. The summed E-state index contributed by atoms with van der Waals surface area (Å²) in [6.45, 7) is 1.43. The minimum atomic E-state index is -0.594. The van der Waals surface area contributed by atoms with Gasteiger partial charge in [-0.05, 0) is 90.0 Å². The molecule has 5 rings (SSSR count). The summed E-state index contributed by atoms with van der Waals surface area (Å²) in [5.41, 5.74) is 3.33. The Labute approximate surface area is 297 Å². The quantitative estimate of drug-likeness (QED) is 0.0808. The highest BCUT2D eigenvalue weighted by Gasteiger charge is 2.23. The second-order valence-corrected chi connectivity index (χ2v) is 12.7. The lowest BCUT2D eigenvalue weighted by atomic mass is 10.1. The first-order valence-corrected chi connectivity index (χ1v) is 16.6. The highest BCUT2D eigenvalue weighted by molar-refractivity contribution is 8.00. The van der Waals surface area contributed by atoms with Crippen LogP contribution in [0.5, 0.6) is 0 Å². The van der Waals surface area contributed by atoms with Crippen molar-refractivity contribution in [1.82, 2.24) is 5.32 Å². The zero-order chi connectivity index (χ0) is 34.8. The molecule has 0 heterocycles. The molecule has 4 N–H and O–H groups in total. The largest absolute Gasteiger partial charge is 0.326 e. The van der Waals surface area contributed by atoms with E-state index in [1.165, 1.54) is 24.8 Å². The standard InChI is InChI=1S/C38H30Cl2N4O4S/c1-24(45)41-29-14-16-30(17-15-29)43-38(48)35(25-8-4-2-5-9-25)49-32-20-18-31(19-21-32)42-37(47)34(22-27-12-13-28(39)23-33(27)40)44-36(46)26-10-6-3-7-11-26/h2-23,35H,1H3,(H,41,45)(H,42,47)(H,43,48)(H,44,46)/b34-22-. The number of amides is 4. The van der Waals surface area contributed by atoms with Gasteiger partial charge in [-0.15, -0.1) is 11.8 Å². The van der Waals surface area contributed by atoms with Gasteiger partial charge >= 0.3 is 0 Å². The van der Waals surface area contributed by atoms with Crippen LogP contribution in [-0.2, 0) is 14.4 Å². The topological polar surface area (TPSA) is 116 Å². The molecule has 0 spiro atoms. The van der Waals surface area contributed by atoms with Crippen molar-refractivity contribution in [2.75, 3.05) is 16.0 Å². The van der Waals surface area contributed by atoms with Gasteiger partial charge in [0.15, 0.2) is 0 Å². The molecule has 5 aromatic carbocycles. The Morgan fingerprint density at radius 2 is 1.24 bits per heavy atom. The van der Waals surface area contributed by atoms with E-state index in [4.69, 9.17) is 23.2 Å². The van der Waals surface area contributed by atoms with Gasteiger partial charge in [0.1, 0.15) is 10.9 Å². The fourth-order valence-corrected chi connectivity index (χ4v) is 6.10. The van der Waals surface area contributed by atoms with E-state index in [9.17, 15) is 19.2 Å². The number of hydrogen-bond donors (Lipinski definition) is 4. The molecule has 0 saturated heterocycles. The van der Waals surface area contributed by atoms with Gasteiger partial charge in [-0.3, -0.25) is 19.2 Å². The zero-order valence-electron chi connectivity index (χ0n) is 26.1. The smallest absolute Gasteiger partial charge is 0.272 e. The number of rotatable bonds is 11. The van der Waals surface area contributed by atoms with E-state index in [-0.39, 0.29) is 17.5 Å². The normalized spacial score (nSPS) is 11.6. The highest BCUT2D eigenvalue weighted by atomic mass is 35.5. The lowest BCUT2D eigenvalue weighted by Crippen LogP contribution is -2.30. The minimum Gasteiger partial charge on any atom is -0.326 e. The van der Waals surface area contributed by atoms with Crippen LogP contribution in [-0.4, -0.2) is 23.6 Å². The summed E-state index contributed by atoms with van der Waals surface area (Å²) in [4.78, 5) is 52.2. The summed E-state index contributed by atoms with van der Waals surface area (Å²) in [6, 6.07) is 36.7. The molecule has 8 nitrogen and oxygen atoms in total. The Morgan fingerprint density at radius 1 is 0.673 bits per heavy atom. The first-order valence-electron chi connectivity index (χ1n) is 15.0. The van der Waals surface area contributed by atoms with Gasteiger partial charge in [-0.25, -0.2) is 0 Å². The van der Waals surface area contributed by atoms with Crippen molar-refractivity contribution in [3.8, 4) is 0 Å². The Bertz CT molecular complexity index is 1990. The molecule has 0 bridgehead atoms. The van der Waals surface area contributed by atoms with E-state index >= 15 is 0 Å². The third kappa shape index (κ3) is 10.1. The van der Waals surface area contributed by atoms with Crippen molar-refractivity contribution in [1.29, 1.82) is 0 Å². The fraction of sp³-hybridized carbons (Fsp3) is 0.0526. The van der Waals surface area contributed by atoms with Gasteiger partial charge in [0, 0.05) is 44.5 Å². The maximum absolute atomic E-state index is 13.5. The summed E-state index contributed by atoms with van der Waals surface area (Å²) in [5.74, 6) is -1.45. The SMILES string of the molecule is CC(=O)Nc1ccc(NC(=O)C(Sc2ccc(NC(=O)/C(=C/c3ccc(Cl)cc3Cl)NC(=O)c3ccccc3)cc2)c2ccccc2)cc1. The first-order chi connectivity index (χ1) is 23.6. The van der Waals surface area contributed by atoms with Crippen molar-refractivity contribution < 1.29 is 19.2 Å². The van der Waals surface area contributed by atoms with Crippen LogP contribution in [0.25, 0.3) is 6.08 Å². The third-order valence-electron chi connectivity index (χ3n) is 6.97. The first kappa shape index (κ1) is 35.0. The second kappa shape index (κ2) is 16.7. The van der Waals surface area contributed by atoms with Crippen LogP contribution in [0.4, 0.5) is 17.1 Å². The van der Waals surface area contributed by atoms with Crippen LogP contribution < -0.4 is 21.3 Å². The van der Waals surface area contributed by atoms with Crippen LogP contribution in [0.1, 0.15) is 33.7 Å². The molecule has 0 fully saturated rings. The summed E-state index contributed by atoms with van der Waals surface area (Å²) in [6.07, 6.45) is 1.48. The average molecular weight is 710 g/mol. The van der Waals surface area contributed by atoms with Crippen molar-refractivity contribution in [2.45, 2.75) is 17.1 Å². The highest BCUT2D eigenvalue weighted by Crippen LogP contribution is 2.37. The van der Waals surface area contributed by atoms with Crippen LogP contribution >= 0.6 is 35.0 Å². The molecular weight excluding hydrogens is 679 g/mol. The van der Waals surface area contributed by atoms with Gasteiger partial charge in [-0.2, -0.15) is 0 Å². The predicted molar refractivity (Wildman–Crippen MR) is 198 cm³/mol. The van der Waals surface area contributed by atoms with Crippen LogP contribution in [0.2, 0.25) is 10.0 Å². The Balaban J connectivity index is 1.32. The molecule has 0 aliphatic rings. The molecule has 11 heteroatoms. The number of thioether (sulfide) groups is 1. The number of anilines is 3. The van der Waals surface area contributed by atoms with Gasteiger partial charge < -0.3 is 21.3 Å². The molecule has 49 heavy (non-hydrogen) atoms. The maximum Gasteiger partial charge on any atom is 0.272 e. The summed E-state index contributed by atoms with van der Waals surface area (Å²) in [7, 11) is 0. The lowest BCUT2D eigenvalue weighted by Gasteiger charge is -2.18. The number of nitrogens with one attached hydrogen (secondary N) is 4. The molecule has 0 aliphatic heterocycles. The van der Waals surface area contributed by atoms with Crippen molar-refractivity contribution >= 4 is 81.7 Å². The lowest BCUT2D eigenvalue weighted by molar-refractivity contribution is -0.116. The van der Waals surface area contributed by atoms with Gasteiger partial charge in [0.25, 0.3) is 11.8 Å². The van der Waals surface area contributed by atoms with Crippen molar-refractivity contribution in [3.05, 3.63) is 160 Å². The van der Waals surface area contributed by atoms with E-state index in [1.807, 2.05) is 30.3 Å². The van der Waals surface area contributed by atoms with Gasteiger partial charge in [0.05, 0.1) is 0 Å². The Kier molecular flexibility index (Phi) is 11.9. The molecule has 0 aromatic heterocycles. The number of halogens is 2. The van der Waals surface area contributed by atoms with E-state index in [2.05, 4.69) is 21.3 Å². The predicted octanol–water partition coefficient (Wildman–Crippen LogP) is 8.83. The Hall–Kier alpha value is -5.35. The third-order valence-corrected chi connectivity index (χ3v) is 8.80. The molecule has 0 saturated carbocycles. The number of carbonyl (C=O) groups excluding carboxylic acids is 4. The zero-order valence-corrected chi connectivity index (χ0v) is 28.4. The van der Waals surface area contributed by atoms with Gasteiger partial charge in [0.2, 0.25) is 11.8 Å². The number of carbonyl (C=O) groups is 4.